The van der Waals surface area contributed by atoms with Crippen LogP contribution in [0.25, 0.3) is 0 Å². The second-order valence-corrected chi connectivity index (χ2v) is 6.07. The first-order valence-electron chi connectivity index (χ1n) is 7.37. The van der Waals surface area contributed by atoms with Gasteiger partial charge in [-0.1, -0.05) is 19.8 Å². The number of esters is 1. The average molecular weight is 342 g/mol. The normalized spacial score (nSPS) is 11.5. The van der Waals surface area contributed by atoms with Gasteiger partial charge >= 0.3 is 12.1 Å². The number of alkyl halides is 3. The molecular formula is C17H17F3O2S. The summed E-state index contributed by atoms with van der Waals surface area (Å²) in [6, 6.07) is 5.81. The van der Waals surface area contributed by atoms with Crippen LogP contribution in [0.3, 0.4) is 0 Å². The molecule has 2 aromatic rings. The van der Waals surface area contributed by atoms with Gasteiger partial charge in [-0.25, -0.2) is 4.79 Å². The first-order valence-corrected chi connectivity index (χ1v) is 8.25. The first kappa shape index (κ1) is 17.5. The molecule has 0 radical (unpaired) electrons. The molecule has 0 atom stereocenters. The molecule has 1 aromatic heterocycles. The maximum atomic E-state index is 12.5. The maximum absolute atomic E-state index is 12.5. The van der Waals surface area contributed by atoms with Crippen molar-refractivity contribution in [1.29, 1.82) is 0 Å². The average Bonchev–Trinajstić information content (AvgIpc) is 2.94. The minimum Gasteiger partial charge on any atom is -0.412 e. The summed E-state index contributed by atoms with van der Waals surface area (Å²) >= 11 is 1.31. The fraction of sp³-hybridized carbons (Fsp3) is 0.353. The lowest BCUT2D eigenvalue weighted by molar-refractivity contribution is -0.137. The Kier molecular flexibility index (Phi) is 5.82. The smallest absolute Gasteiger partial charge is 0.412 e. The third-order valence-electron chi connectivity index (χ3n) is 3.34. The summed E-state index contributed by atoms with van der Waals surface area (Å²) in [5.74, 6) is -0.652. The second kappa shape index (κ2) is 7.64. The lowest BCUT2D eigenvalue weighted by Gasteiger charge is -2.07. The van der Waals surface area contributed by atoms with Crippen molar-refractivity contribution in [2.45, 2.75) is 38.8 Å². The lowest BCUT2D eigenvalue weighted by atomic mass is 10.1. The molecule has 0 aliphatic rings. The van der Waals surface area contributed by atoms with Crippen LogP contribution in [0.5, 0.6) is 5.06 Å². The summed E-state index contributed by atoms with van der Waals surface area (Å²) < 4.78 is 42.7. The van der Waals surface area contributed by atoms with Gasteiger partial charge in [0.1, 0.15) is 0 Å². The Morgan fingerprint density at radius 3 is 2.48 bits per heavy atom. The van der Waals surface area contributed by atoms with E-state index in [0.717, 1.165) is 55.5 Å². The third kappa shape index (κ3) is 5.10. The number of unbranched alkanes of at least 4 members (excludes halogenated alkanes) is 2. The number of carbonyl (C=O) groups is 1. The molecule has 1 heterocycles. The fourth-order valence-electron chi connectivity index (χ4n) is 2.06. The molecule has 0 amide bonds. The number of halogens is 3. The standard InChI is InChI=1S/C17H17F3O2S/c1-2-3-4-5-12-10-15(23-11-12)22-16(21)13-6-8-14(9-7-13)17(18,19)20/h6-11H,2-5H2,1H3. The van der Waals surface area contributed by atoms with E-state index in [-0.39, 0.29) is 5.56 Å². The summed E-state index contributed by atoms with van der Waals surface area (Å²) in [6.45, 7) is 2.13. The van der Waals surface area contributed by atoms with E-state index in [1.165, 1.54) is 11.3 Å². The van der Waals surface area contributed by atoms with Crippen LogP contribution in [0.15, 0.2) is 35.7 Å². The summed E-state index contributed by atoms with van der Waals surface area (Å²) in [6.07, 6.45) is -0.109. The molecule has 0 fully saturated rings. The molecule has 0 aliphatic heterocycles. The molecule has 0 N–H and O–H groups in total. The van der Waals surface area contributed by atoms with Crippen LogP contribution in [0.4, 0.5) is 13.2 Å². The van der Waals surface area contributed by atoms with Crippen LogP contribution in [0, 0.1) is 0 Å². The highest BCUT2D eigenvalue weighted by atomic mass is 32.1. The zero-order chi connectivity index (χ0) is 16.9. The molecule has 0 spiro atoms. The Morgan fingerprint density at radius 2 is 1.87 bits per heavy atom. The van der Waals surface area contributed by atoms with Gasteiger partial charge in [0.15, 0.2) is 5.06 Å². The molecule has 124 valence electrons. The van der Waals surface area contributed by atoms with E-state index in [9.17, 15) is 18.0 Å². The van der Waals surface area contributed by atoms with Crippen LogP contribution in [0.2, 0.25) is 0 Å². The number of aryl methyl sites for hydroxylation is 1. The van der Waals surface area contributed by atoms with Gasteiger partial charge in [-0.15, -0.1) is 11.3 Å². The number of hydrogen-bond donors (Lipinski definition) is 0. The topological polar surface area (TPSA) is 26.3 Å². The van der Waals surface area contributed by atoms with Gasteiger partial charge in [0.05, 0.1) is 11.1 Å². The molecule has 23 heavy (non-hydrogen) atoms. The molecule has 0 unspecified atom stereocenters. The lowest BCUT2D eigenvalue weighted by Crippen LogP contribution is -2.09. The quantitative estimate of drug-likeness (QED) is 0.496. The van der Waals surface area contributed by atoms with Gasteiger partial charge in [-0.2, -0.15) is 13.2 Å². The highest BCUT2D eigenvalue weighted by Crippen LogP contribution is 2.29. The highest BCUT2D eigenvalue weighted by molar-refractivity contribution is 7.12. The van der Waals surface area contributed by atoms with Crippen molar-refractivity contribution in [2.75, 3.05) is 0 Å². The number of thiophene rings is 1. The van der Waals surface area contributed by atoms with Crippen LogP contribution in [0.1, 0.15) is 47.7 Å². The van der Waals surface area contributed by atoms with Crippen molar-refractivity contribution in [3.63, 3.8) is 0 Å². The highest BCUT2D eigenvalue weighted by Gasteiger charge is 2.30. The Morgan fingerprint density at radius 1 is 1.17 bits per heavy atom. The van der Waals surface area contributed by atoms with E-state index in [1.807, 2.05) is 11.4 Å². The summed E-state index contributed by atoms with van der Waals surface area (Å²) in [7, 11) is 0. The summed E-state index contributed by atoms with van der Waals surface area (Å²) in [4.78, 5) is 11.9. The van der Waals surface area contributed by atoms with Crippen molar-refractivity contribution >= 4 is 17.3 Å². The Labute approximate surface area is 136 Å². The van der Waals surface area contributed by atoms with Gasteiger partial charge < -0.3 is 4.74 Å². The molecule has 0 bridgehead atoms. The Balaban J connectivity index is 1.96. The molecule has 6 heteroatoms. The number of benzene rings is 1. The molecule has 2 nitrogen and oxygen atoms in total. The van der Waals surface area contributed by atoms with Crippen LogP contribution < -0.4 is 4.74 Å². The largest absolute Gasteiger partial charge is 0.416 e. The predicted octanol–water partition coefficient (Wildman–Crippen LogP) is 5.72. The predicted molar refractivity (Wildman–Crippen MR) is 84.0 cm³/mol. The summed E-state index contributed by atoms with van der Waals surface area (Å²) in [5.41, 5.74) is 0.418. The number of rotatable bonds is 6. The van der Waals surface area contributed by atoms with Crippen molar-refractivity contribution in [3.05, 3.63) is 52.4 Å². The van der Waals surface area contributed by atoms with E-state index >= 15 is 0 Å². The van der Waals surface area contributed by atoms with Crippen LogP contribution >= 0.6 is 11.3 Å². The van der Waals surface area contributed by atoms with E-state index in [2.05, 4.69) is 6.92 Å². The zero-order valence-corrected chi connectivity index (χ0v) is 13.5. The molecule has 1 aromatic carbocycles. The van der Waals surface area contributed by atoms with E-state index in [1.54, 1.807) is 0 Å². The van der Waals surface area contributed by atoms with Gasteiger partial charge in [0, 0.05) is 0 Å². The van der Waals surface area contributed by atoms with E-state index < -0.39 is 17.7 Å². The van der Waals surface area contributed by atoms with Crippen molar-refractivity contribution in [3.8, 4) is 5.06 Å². The number of ether oxygens (including phenoxy) is 1. The number of carbonyl (C=O) groups excluding carboxylic acids is 1. The molecule has 0 saturated carbocycles. The zero-order valence-electron chi connectivity index (χ0n) is 12.7. The van der Waals surface area contributed by atoms with Crippen LogP contribution in [-0.2, 0) is 12.6 Å². The first-order chi connectivity index (χ1) is 10.9. The SMILES string of the molecule is CCCCCc1csc(OC(=O)c2ccc(C(F)(F)F)cc2)c1. The molecule has 2 rings (SSSR count). The van der Waals surface area contributed by atoms with Gasteiger partial charge in [-0.05, 0) is 54.1 Å². The minimum absolute atomic E-state index is 0.0962. The number of hydrogen-bond acceptors (Lipinski definition) is 3. The molecular weight excluding hydrogens is 325 g/mol. The summed E-state index contributed by atoms with van der Waals surface area (Å²) in [5, 5.41) is 2.40. The Bertz CT molecular complexity index is 645. The molecule has 0 aliphatic carbocycles. The maximum Gasteiger partial charge on any atom is 0.416 e. The monoisotopic (exact) mass is 342 g/mol. The van der Waals surface area contributed by atoms with Gasteiger partial charge in [0.2, 0.25) is 0 Å². The van der Waals surface area contributed by atoms with E-state index in [4.69, 9.17) is 4.74 Å². The van der Waals surface area contributed by atoms with Gasteiger partial charge in [0.25, 0.3) is 0 Å². The van der Waals surface area contributed by atoms with Crippen molar-refractivity contribution in [2.24, 2.45) is 0 Å². The fourth-order valence-corrected chi connectivity index (χ4v) is 2.86. The van der Waals surface area contributed by atoms with Crippen LogP contribution in [-0.4, -0.2) is 5.97 Å². The van der Waals surface area contributed by atoms with Crippen molar-refractivity contribution < 1.29 is 22.7 Å². The Hall–Kier alpha value is -1.82. The molecule has 0 saturated heterocycles. The minimum atomic E-state index is -4.41. The second-order valence-electron chi connectivity index (χ2n) is 5.20. The van der Waals surface area contributed by atoms with Gasteiger partial charge in [-0.3, -0.25) is 0 Å². The third-order valence-corrected chi connectivity index (χ3v) is 4.19. The van der Waals surface area contributed by atoms with E-state index in [0.29, 0.717) is 5.06 Å². The van der Waals surface area contributed by atoms with Crippen molar-refractivity contribution in [1.82, 2.24) is 0 Å².